The minimum atomic E-state index is -0.844. The van der Waals surface area contributed by atoms with E-state index in [-0.39, 0.29) is 18.5 Å². The van der Waals surface area contributed by atoms with Gasteiger partial charge in [-0.05, 0) is 89.9 Å². The van der Waals surface area contributed by atoms with Gasteiger partial charge in [0.1, 0.15) is 0 Å². The van der Waals surface area contributed by atoms with Crippen LogP contribution >= 0.6 is 0 Å². The number of rotatable bonds is 81. The summed E-state index contributed by atoms with van der Waals surface area (Å²) in [6.45, 7) is 4.95. The van der Waals surface area contributed by atoms with Gasteiger partial charge in [0.05, 0.1) is 25.4 Å². The van der Waals surface area contributed by atoms with Crippen LogP contribution in [0.2, 0.25) is 0 Å². The number of aliphatic hydroxyl groups excluding tert-OH is 2. The molecule has 554 valence electrons. The Kier molecular flexibility index (Phi) is 81.3. The zero-order chi connectivity index (χ0) is 67.7. The molecule has 0 heterocycles. The smallest absolute Gasteiger partial charge is 0.305 e. The van der Waals surface area contributed by atoms with Gasteiger partial charge in [0, 0.05) is 12.8 Å². The molecule has 0 spiro atoms. The molecule has 6 nitrogen and oxygen atoms in total. The molecule has 0 aliphatic carbocycles. The number of aliphatic hydroxyl groups is 2. The Hall–Kier alpha value is -2.18. The van der Waals surface area contributed by atoms with Gasteiger partial charge in [0.2, 0.25) is 5.91 Å². The van der Waals surface area contributed by atoms with Gasteiger partial charge in [-0.3, -0.25) is 9.59 Å². The van der Waals surface area contributed by atoms with Crippen molar-refractivity contribution in [1.29, 1.82) is 0 Å². The molecule has 0 fully saturated rings. The third-order valence-electron chi connectivity index (χ3n) is 20.1. The lowest BCUT2D eigenvalue weighted by molar-refractivity contribution is -0.143. The van der Waals surface area contributed by atoms with Crippen LogP contribution in [0, 0.1) is 0 Å². The third kappa shape index (κ3) is 78.8. The highest BCUT2D eigenvalue weighted by Gasteiger charge is 2.18. The first-order valence-corrected chi connectivity index (χ1v) is 42.9. The fourth-order valence-corrected chi connectivity index (χ4v) is 13.5. The van der Waals surface area contributed by atoms with E-state index in [1.54, 1.807) is 6.08 Å². The molecule has 0 saturated heterocycles. The number of amides is 1. The molecule has 0 aliphatic rings. The molecule has 2 unspecified atom stereocenters. The van der Waals surface area contributed by atoms with E-state index in [1.165, 1.54) is 405 Å². The van der Waals surface area contributed by atoms with Crippen LogP contribution in [0.25, 0.3) is 0 Å². The van der Waals surface area contributed by atoms with Crippen molar-refractivity contribution >= 4 is 11.9 Å². The van der Waals surface area contributed by atoms with Crippen molar-refractivity contribution < 1.29 is 24.5 Å². The molecule has 6 heteroatoms. The monoisotopic (exact) mass is 1320 g/mol. The molecule has 0 aromatic heterocycles. The minimum absolute atomic E-state index is 0.0189. The predicted octanol–water partition coefficient (Wildman–Crippen LogP) is 28.7. The minimum Gasteiger partial charge on any atom is -0.466 e. The van der Waals surface area contributed by atoms with Gasteiger partial charge < -0.3 is 20.3 Å². The normalized spacial score (nSPS) is 12.7. The van der Waals surface area contributed by atoms with Crippen molar-refractivity contribution in [2.24, 2.45) is 0 Å². The van der Waals surface area contributed by atoms with E-state index in [9.17, 15) is 19.8 Å². The lowest BCUT2D eigenvalue weighted by Gasteiger charge is -2.20. The summed E-state index contributed by atoms with van der Waals surface area (Å²) in [6.07, 6.45) is 111. The van der Waals surface area contributed by atoms with Crippen LogP contribution in [0.15, 0.2) is 48.6 Å². The summed E-state index contributed by atoms with van der Waals surface area (Å²) in [5, 5.41) is 23.3. The molecule has 2 atom stereocenters. The lowest BCUT2D eigenvalue weighted by atomic mass is 10.0. The second kappa shape index (κ2) is 83.2. The number of nitrogens with one attached hydrogen (secondary N) is 1. The van der Waals surface area contributed by atoms with E-state index < -0.39 is 12.1 Å². The van der Waals surface area contributed by atoms with Gasteiger partial charge >= 0.3 is 5.97 Å². The van der Waals surface area contributed by atoms with Crippen molar-refractivity contribution in [2.45, 2.75) is 488 Å². The van der Waals surface area contributed by atoms with Gasteiger partial charge in [0.25, 0.3) is 0 Å². The highest BCUT2D eigenvalue weighted by Crippen LogP contribution is 2.20. The number of unbranched alkanes of at least 4 members (excludes halogenated alkanes) is 64. The quantitative estimate of drug-likeness (QED) is 0.0320. The molecular formula is C88H167NO5. The van der Waals surface area contributed by atoms with Crippen molar-refractivity contribution in [2.75, 3.05) is 13.2 Å². The fraction of sp³-hybridized carbons (Fsp3) is 0.886. The first-order valence-electron chi connectivity index (χ1n) is 42.9. The Balaban J connectivity index is 3.37. The van der Waals surface area contributed by atoms with E-state index >= 15 is 0 Å². The Morgan fingerprint density at radius 1 is 0.298 bits per heavy atom. The number of ether oxygens (including phenoxy) is 1. The maximum Gasteiger partial charge on any atom is 0.305 e. The summed E-state index contributed by atoms with van der Waals surface area (Å²) >= 11 is 0. The molecule has 0 bridgehead atoms. The van der Waals surface area contributed by atoms with E-state index in [2.05, 4.69) is 55.6 Å². The number of hydrogen-bond donors (Lipinski definition) is 3. The topological polar surface area (TPSA) is 95.9 Å². The van der Waals surface area contributed by atoms with Gasteiger partial charge in [-0.2, -0.15) is 0 Å². The molecule has 0 radical (unpaired) electrons. The van der Waals surface area contributed by atoms with Gasteiger partial charge in [-0.1, -0.05) is 422 Å². The van der Waals surface area contributed by atoms with Crippen molar-refractivity contribution in [3.8, 4) is 0 Å². The third-order valence-corrected chi connectivity index (χ3v) is 20.1. The van der Waals surface area contributed by atoms with Crippen LogP contribution in [0.4, 0.5) is 0 Å². The van der Waals surface area contributed by atoms with Gasteiger partial charge in [-0.25, -0.2) is 0 Å². The molecule has 0 saturated carbocycles. The van der Waals surface area contributed by atoms with E-state index in [0.717, 1.165) is 44.9 Å². The second-order valence-corrected chi connectivity index (χ2v) is 29.5. The van der Waals surface area contributed by atoms with Crippen LogP contribution in [0.5, 0.6) is 0 Å². The average molecular weight is 1320 g/mol. The zero-order valence-electron chi connectivity index (χ0n) is 63.7. The summed E-state index contributed by atoms with van der Waals surface area (Å²) in [4.78, 5) is 24.7. The zero-order valence-corrected chi connectivity index (χ0v) is 63.7. The number of allylic oxidation sites excluding steroid dienone is 7. The average Bonchev–Trinajstić information content (AvgIpc) is 3.66. The molecular weight excluding hydrogens is 1150 g/mol. The standard InChI is InChI=1S/C88H167NO5/c1-3-5-7-9-11-13-15-17-19-21-23-41-45-48-52-56-60-64-68-72-76-80-86(91)85(84-90)89-87(92)81-77-73-69-65-61-57-53-49-46-42-39-37-35-33-31-29-27-25-24-26-28-30-32-34-36-38-40-43-47-51-55-59-63-67-71-75-79-83-94-88(93)82-78-74-70-66-62-58-54-50-44-22-20-18-16-14-12-10-8-6-4-2/h18,20,24,26,30,32,76,80,85-86,90-91H,3-17,19,21-23,25,27-29,31,33-75,77-79,81-84H2,1-2H3,(H,89,92)/b20-18-,26-24-,32-30-,80-76+. The van der Waals surface area contributed by atoms with E-state index in [0.29, 0.717) is 19.4 Å². The van der Waals surface area contributed by atoms with Crippen LogP contribution in [0.1, 0.15) is 476 Å². The molecule has 3 N–H and O–H groups in total. The summed E-state index contributed by atoms with van der Waals surface area (Å²) in [6, 6.07) is -0.628. The van der Waals surface area contributed by atoms with Gasteiger partial charge in [-0.15, -0.1) is 0 Å². The van der Waals surface area contributed by atoms with E-state index in [4.69, 9.17) is 4.74 Å². The van der Waals surface area contributed by atoms with Crippen LogP contribution in [-0.4, -0.2) is 47.4 Å². The van der Waals surface area contributed by atoms with E-state index in [1.807, 2.05) is 6.08 Å². The molecule has 0 aromatic carbocycles. The first kappa shape index (κ1) is 91.8. The number of esters is 1. The fourth-order valence-electron chi connectivity index (χ4n) is 13.5. The summed E-state index contributed by atoms with van der Waals surface area (Å²) < 4.78 is 5.52. The summed E-state index contributed by atoms with van der Waals surface area (Å²) in [7, 11) is 0. The SMILES string of the molecule is CCCCCCCC/C=C\CCCCCCCCCCCC(=O)OCCCCCCCCCCCCCCC/C=C\C/C=C\CCCCCCCCCCCCCCCCCCCC(=O)NC(CO)C(O)/C=C/CCCCCCCCCCCCCCCCCCCCC. The molecule has 94 heavy (non-hydrogen) atoms. The number of hydrogen-bond acceptors (Lipinski definition) is 5. The molecule has 0 aliphatic heterocycles. The second-order valence-electron chi connectivity index (χ2n) is 29.5. The lowest BCUT2D eigenvalue weighted by Crippen LogP contribution is -2.45. The summed E-state index contributed by atoms with van der Waals surface area (Å²) in [5.74, 6) is -0.0418. The number of carbonyl (C=O) groups is 2. The van der Waals surface area contributed by atoms with Gasteiger partial charge in [0.15, 0.2) is 0 Å². The van der Waals surface area contributed by atoms with Crippen LogP contribution in [-0.2, 0) is 14.3 Å². The van der Waals surface area contributed by atoms with Crippen LogP contribution in [0.3, 0.4) is 0 Å². The highest BCUT2D eigenvalue weighted by atomic mass is 16.5. The Labute approximate surface area is 588 Å². The van der Waals surface area contributed by atoms with Crippen molar-refractivity contribution in [3.63, 3.8) is 0 Å². The van der Waals surface area contributed by atoms with Crippen molar-refractivity contribution in [3.05, 3.63) is 48.6 Å². The maximum absolute atomic E-state index is 12.6. The van der Waals surface area contributed by atoms with Crippen LogP contribution < -0.4 is 5.32 Å². The number of carbonyl (C=O) groups excluding carboxylic acids is 2. The molecule has 1 amide bonds. The maximum atomic E-state index is 12.6. The first-order chi connectivity index (χ1) is 46.5. The Bertz CT molecular complexity index is 1570. The highest BCUT2D eigenvalue weighted by molar-refractivity contribution is 5.76. The Morgan fingerprint density at radius 3 is 0.819 bits per heavy atom. The predicted molar refractivity (Wildman–Crippen MR) is 416 cm³/mol. The Morgan fingerprint density at radius 2 is 0.532 bits per heavy atom. The molecule has 0 aromatic rings. The largest absolute Gasteiger partial charge is 0.466 e. The van der Waals surface area contributed by atoms with Crippen molar-refractivity contribution in [1.82, 2.24) is 5.32 Å². The summed E-state index contributed by atoms with van der Waals surface area (Å²) in [5.41, 5.74) is 0. The molecule has 0 rings (SSSR count).